The molecule has 1 atom stereocenters. The molecule has 0 aliphatic heterocycles. The van der Waals surface area contributed by atoms with Gasteiger partial charge in [0, 0.05) is 18.3 Å². The first kappa shape index (κ1) is 14.8. The van der Waals surface area contributed by atoms with Crippen LogP contribution in [-0.4, -0.2) is 9.78 Å². The molecule has 122 valence electrons. The number of aryl methyl sites for hydroxylation is 2. The smallest absolute Gasteiger partial charge is 0.131 e. The van der Waals surface area contributed by atoms with Crippen LogP contribution < -0.4 is 5.32 Å². The fourth-order valence-corrected chi connectivity index (χ4v) is 4.55. The molecule has 0 radical (unpaired) electrons. The number of benzene rings is 1. The molecule has 2 aliphatic rings. The summed E-state index contributed by atoms with van der Waals surface area (Å²) in [5.74, 6) is 3.01. The van der Waals surface area contributed by atoms with Gasteiger partial charge in [0.1, 0.15) is 5.82 Å². The normalized spacial score (nSPS) is 21.9. The lowest BCUT2D eigenvalue weighted by atomic mass is 9.73. The molecule has 1 N–H and O–H groups in total. The summed E-state index contributed by atoms with van der Waals surface area (Å²) in [5, 5.41) is 8.39. The number of aromatic nitrogens is 2. The van der Waals surface area contributed by atoms with E-state index >= 15 is 0 Å². The van der Waals surface area contributed by atoms with Crippen LogP contribution in [0.2, 0.25) is 0 Å². The minimum Gasteiger partial charge on any atom is -0.340 e. The van der Waals surface area contributed by atoms with Crippen molar-refractivity contribution in [2.45, 2.75) is 51.4 Å². The first-order chi connectivity index (χ1) is 11.3. The van der Waals surface area contributed by atoms with Gasteiger partial charge in [-0.05, 0) is 43.2 Å². The van der Waals surface area contributed by atoms with Crippen LogP contribution in [0.1, 0.15) is 49.8 Å². The van der Waals surface area contributed by atoms with Crippen molar-refractivity contribution in [3.05, 3.63) is 41.6 Å². The number of fused-ring (bicyclic) bond motifs is 1. The zero-order valence-electron chi connectivity index (χ0n) is 14.1. The summed E-state index contributed by atoms with van der Waals surface area (Å²) in [7, 11) is 2.07. The number of rotatable bonds is 3. The van der Waals surface area contributed by atoms with Gasteiger partial charge in [0.2, 0.25) is 0 Å². The third-order valence-corrected chi connectivity index (χ3v) is 5.80. The number of anilines is 2. The monoisotopic (exact) mass is 309 g/mol. The summed E-state index contributed by atoms with van der Waals surface area (Å²) in [6, 6.07) is 10.5. The molecule has 3 heteroatoms. The van der Waals surface area contributed by atoms with Crippen LogP contribution >= 0.6 is 0 Å². The SMILES string of the molecule is Cn1nc2c(c1Nc1ccccc1)CC(C1CCCCC1)CC2. The molecule has 1 aromatic heterocycles. The highest BCUT2D eigenvalue weighted by Gasteiger charge is 2.31. The zero-order valence-corrected chi connectivity index (χ0v) is 14.1. The van der Waals surface area contributed by atoms with Gasteiger partial charge in [0.15, 0.2) is 0 Å². The lowest BCUT2D eigenvalue weighted by Gasteiger charge is -2.32. The fraction of sp³-hybridized carbons (Fsp3) is 0.550. The largest absolute Gasteiger partial charge is 0.340 e. The molecule has 1 unspecified atom stereocenters. The van der Waals surface area contributed by atoms with Crippen molar-refractivity contribution in [3.8, 4) is 0 Å². The Bertz CT molecular complexity index is 653. The van der Waals surface area contributed by atoms with E-state index in [2.05, 4.69) is 42.7 Å². The minimum absolute atomic E-state index is 0.864. The van der Waals surface area contributed by atoms with Crippen molar-refractivity contribution < 1.29 is 0 Å². The van der Waals surface area contributed by atoms with Gasteiger partial charge in [0.25, 0.3) is 0 Å². The maximum atomic E-state index is 4.78. The molecule has 1 saturated carbocycles. The van der Waals surface area contributed by atoms with E-state index in [4.69, 9.17) is 5.10 Å². The lowest BCUT2D eigenvalue weighted by molar-refractivity contribution is 0.227. The van der Waals surface area contributed by atoms with E-state index in [-0.39, 0.29) is 0 Å². The Morgan fingerprint density at radius 1 is 1.00 bits per heavy atom. The molecular weight excluding hydrogens is 282 g/mol. The van der Waals surface area contributed by atoms with E-state index in [0.29, 0.717) is 0 Å². The first-order valence-corrected chi connectivity index (χ1v) is 9.18. The molecule has 1 fully saturated rings. The van der Waals surface area contributed by atoms with E-state index in [9.17, 15) is 0 Å². The Balaban J connectivity index is 1.57. The highest BCUT2D eigenvalue weighted by Crippen LogP contribution is 2.40. The third-order valence-electron chi connectivity index (χ3n) is 5.80. The summed E-state index contributed by atoms with van der Waals surface area (Å²) in [6.07, 6.45) is 10.9. The maximum Gasteiger partial charge on any atom is 0.131 e. The first-order valence-electron chi connectivity index (χ1n) is 9.18. The van der Waals surface area contributed by atoms with E-state index in [0.717, 1.165) is 23.9 Å². The van der Waals surface area contributed by atoms with Crippen molar-refractivity contribution in [2.75, 3.05) is 5.32 Å². The van der Waals surface area contributed by atoms with Gasteiger partial charge in [-0.2, -0.15) is 5.10 Å². The lowest BCUT2D eigenvalue weighted by Crippen LogP contribution is -2.24. The second-order valence-electron chi connectivity index (χ2n) is 7.29. The van der Waals surface area contributed by atoms with Crippen LogP contribution in [0.25, 0.3) is 0 Å². The summed E-state index contributed by atoms with van der Waals surface area (Å²) >= 11 is 0. The molecule has 0 amide bonds. The Labute approximate surface area is 139 Å². The number of hydrogen-bond donors (Lipinski definition) is 1. The van der Waals surface area contributed by atoms with E-state index < -0.39 is 0 Å². The van der Waals surface area contributed by atoms with Crippen LogP contribution in [0.5, 0.6) is 0 Å². The predicted molar refractivity (Wildman–Crippen MR) is 95.0 cm³/mol. The summed E-state index contributed by atoms with van der Waals surface area (Å²) in [5.41, 5.74) is 3.94. The molecule has 4 rings (SSSR count). The molecule has 0 saturated heterocycles. The Morgan fingerprint density at radius 3 is 2.57 bits per heavy atom. The van der Waals surface area contributed by atoms with Gasteiger partial charge >= 0.3 is 0 Å². The fourth-order valence-electron chi connectivity index (χ4n) is 4.55. The molecular formula is C20H27N3. The van der Waals surface area contributed by atoms with Crippen LogP contribution in [0.3, 0.4) is 0 Å². The predicted octanol–water partition coefficient (Wildman–Crippen LogP) is 4.85. The third kappa shape index (κ3) is 3.01. The van der Waals surface area contributed by atoms with Crippen LogP contribution in [-0.2, 0) is 19.9 Å². The molecule has 3 nitrogen and oxygen atoms in total. The number of hydrogen-bond acceptors (Lipinski definition) is 2. The Kier molecular flexibility index (Phi) is 4.11. The summed E-state index contributed by atoms with van der Waals surface area (Å²) in [4.78, 5) is 0. The van der Waals surface area contributed by atoms with Gasteiger partial charge < -0.3 is 5.32 Å². The van der Waals surface area contributed by atoms with E-state index in [1.165, 1.54) is 62.0 Å². The number of nitrogens with zero attached hydrogens (tertiary/aromatic N) is 2. The van der Waals surface area contributed by atoms with Crippen molar-refractivity contribution >= 4 is 11.5 Å². The number of para-hydroxylation sites is 1. The van der Waals surface area contributed by atoms with Crippen LogP contribution in [0, 0.1) is 11.8 Å². The van der Waals surface area contributed by atoms with Gasteiger partial charge in [-0.15, -0.1) is 0 Å². The van der Waals surface area contributed by atoms with Gasteiger partial charge in [-0.3, -0.25) is 4.68 Å². The Morgan fingerprint density at radius 2 is 1.78 bits per heavy atom. The second-order valence-corrected chi connectivity index (χ2v) is 7.29. The molecule has 0 bridgehead atoms. The average molecular weight is 309 g/mol. The van der Waals surface area contributed by atoms with Gasteiger partial charge in [0.05, 0.1) is 5.69 Å². The maximum absolute atomic E-state index is 4.78. The summed E-state index contributed by atoms with van der Waals surface area (Å²) in [6.45, 7) is 0. The highest BCUT2D eigenvalue weighted by molar-refractivity contribution is 5.61. The Hall–Kier alpha value is -1.77. The minimum atomic E-state index is 0.864. The zero-order chi connectivity index (χ0) is 15.6. The van der Waals surface area contributed by atoms with Gasteiger partial charge in [-0.25, -0.2) is 0 Å². The van der Waals surface area contributed by atoms with Crippen molar-refractivity contribution in [2.24, 2.45) is 18.9 Å². The molecule has 2 aromatic rings. The average Bonchev–Trinajstić information content (AvgIpc) is 2.92. The van der Waals surface area contributed by atoms with Crippen molar-refractivity contribution in [1.82, 2.24) is 9.78 Å². The van der Waals surface area contributed by atoms with E-state index in [1.54, 1.807) is 0 Å². The van der Waals surface area contributed by atoms with Crippen LogP contribution in [0.15, 0.2) is 30.3 Å². The van der Waals surface area contributed by atoms with Crippen molar-refractivity contribution in [1.29, 1.82) is 0 Å². The molecule has 23 heavy (non-hydrogen) atoms. The number of nitrogens with one attached hydrogen (secondary N) is 1. The second kappa shape index (κ2) is 6.38. The molecule has 0 spiro atoms. The topological polar surface area (TPSA) is 29.9 Å². The van der Waals surface area contributed by atoms with E-state index in [1.807, 2.05) is 4.68 Å². The highest BCUT2D eigenvalue weighted by atomic mass is 15.3. The standard InChI is InChI=1S/C20H27N3/c1-23-20(21-17-10-6-3-7-11-17)18-14-16(12-13-19(18)22-23)15-8-4-2-5-9-15/h3,6-7,10-11,15-16,21H,2,4-5,8-9,12-14H2,1H3. The quantitative estimate of drug-likeness (QED) is 0.878. The summed E-state index contributed by atoms with van der Waals surface area (Å²) < 4.78 is 2.04. The van der Waals surface area contributed by atoms with Crippen LogP contribution in [0.4, 0.5) is 11.5 Å². The molecule has 1 heterocycles. The molecule has 2 aliphatic carbocycles. The van der Waals surface area contributed by atoms with Gasteiger partial charge in [-0.1, -0.05) is 50.3 Å². The van der Waals surface area contributed by atoms with Crippen molar-refractivity contribution in [3.63, 3.8) is 0 Å². The molecule has 1 aromatic carbocycles.